The minimum Gasteiger partial charge on any atom is -0.371 e. The Morgan fingerprint density at radius 3 is 3.06 bits per heavy atom. The molecule has 2 aromatic rings. The molecule has 0 saturated carbocycles. The van der Waals surface area contributed by atoms with Crippen molar-refractivity contribution in [3.8, 4) is 11.8 Å². The van der Waals surface area contributed by atoms with Crippen molar-refractivity contribution in [2.45, 2.75) is 26.2 Å². The smallest absolute Gasteiger partial charge is 0.209 e. The van der Waals surface area contributed by atoms with Crippen LogP contribution >= 0.6 is 0 Å². The fourth-order valence-electron chi connectivity index (χ4n) is 1.48. The molecule has 2 aromatic heterocycles. The molecule has 88 valence electrons. The third kappa shape index (κ3) is 2.53. The Bertz CT molecular complexity index is 561. The van der Waals surface area contributed by atoms with Crippen molar-refractivity contribution in [3.63, 3.8) is 0 Å². The summed E-state index contributed by atoms with van der Waals surface area (Å²) in [6.45, 7) is 2.15. The molecule has 0 aliphatic heterocycles. The van der Waals surface area contributed by atoms with Gasteiger partial charge in [0, 0.05) is 13.5 Å². The number of unbranched alkanes of at least 4 members (excludes halogenated alkanes) is 2. The average Bonchev–Trinajstić information content (AvgIpc) is 2.81. The molecule has 0 spiro atoms. The summed E-state index contributed by atoms with van der Waals surface area (Å²) in [5, 5.41) is 3.01. The van der Waals surface area contributed by atoms with E-state index in [9.17, 15) is 0 Å². The van der Waals surface area contributed by atoms with Gasteiger partial charge in [-0.1, -0.05) is 19.3 Å². The highest BCUT2D eigenvalue weighted by atomic mass is 15.1. The first-order chi connectivity index (χ1) is 8.35. The molecule has 5 nitrogen and oxygen atoms in total. The van der Waals surface area contributed by atoms with Gasteiger partial charge in [0.05, 0.1) is 6.33 Å². The summed E-state index contributed by atoms with van der Waals surface area (Å²) in [4.78, 5) is 15.7. The van der Waals surface area contributed by atoms with Crippen LogP contribution in [0.1, 0.15) is 32.0 Å². The number of H-pyrrole nitrogens is 1. The lowest BCUT2D eigenvalue weighted by Gasteiger charge is -1.99. The summed E-state index contributed by atoms with van der Waals surface area (Å²) in [7, 11) is 1.82. The Hall–Kier alpha value is -2.09. The number of aromatic nitrogens is 4. The minimum atomic E-state index is 0.519. The molecule has 2 heterocycles. The Labute approximate surface area is 100 Å². The summed E-state index contributed by atoms with van der Waals surface area (Å²) in [5.41, 5.74) is 1.45. The van der Waals surface area contributed by atoms with Crippen molar-refractivity contribution in [2.24, 2.45) is 0 Å². The fourth-order valence-corrected chi connectivity index (χ4v) is 1.48. The highest BCUT2D eigenvalue weighted by molar-refractivity contribution is 5.82. The molecule has 2 N–H and O–H groups in total. The van der Waals surface area contributed by atoms with Crippen molar-refractivity contribution in [1.29, 1.82) is 0 Å². The molecule has 0 radical (unpaired) electrons. The molecule has 0 aliphatic carbocycles. The van der Waals surface area contributed by atoms with E-state index in [1.165, 1.54) is 0 Å². The standard InChI is InChI=1S/C12H15N5/c1-3-4-5-6-7-9-16-11(13-2)10-12(17-9)15-8-14-10/h8H,3-5H2,1-2H3,(H2,13,14,15,16,17). The van der Waals surface area contributed by atoms with Gasteiger partial charge in [-0.15, -0.1) is 0 Å². The summed E-state index contributed by atoms with van der Waals surface area (Å²) in [6.07, 6.45) is 4.74. The van der Waals surface area contributed by atoms with Gasteiger partial charge in [-0.2, -0.15) is 4.98 Å². The molecule has 2 rings (SSSR count). The minimum absolute atomic E-state index is 0.519. The molecule has 0 aliphatic rings. The number of nitrogens with zero attached hydrogens (tertiary/aromatic N) is 3. The molecular weight excluding hydrogens is 214 g/mol. The summed E-state index contributed by atoms with van der Waals surface area (Å²) < 4.78 is 0. The van der Waals surface area contributed by atoms with Crippen LogP contribution in [0.25, 0.3) is 11.2 Å². The summed E-state index contributed by atoms with van der Waals surface area (Å²) >= 11 is 0. The van der Waals surface area contributed by atoms with Crippen molar-refractivity contribution < 1.29 is 0 Å². The maximum Gasteiger partial charge on any atom is 0.209 e. The second-order valence-electron chi connectivity index (χ2n) is 3.65. The van der Waals surface area contributed by atoms with Gasteiger partial charge in [-0.05, 0) is 12.3 Å². The Morgan fingerprint density at radius 1 is 1.41 bits per heavy atom. The van der Waals surface area contributed by atoms with Gasteiger partial charge in [-0.25, -0.2) is 9.97 Å². The van der Waals surface area contributed by atoms with Crippen LogP contribution in [-0.2, 0) is 0 Å². The second-order valence-corrected chi connectivity index (χ2v) is 3.65. The van der Waals surface area contributed by atoms with Crippen molar-refractivity contribution in [3.05, 3.63) is 12.2 Å². The van der Waals surface area contributed by atoms with Gasteiger partial charge in [0.25, 0.3) is 0 Å². The van der Waals surface area contributed by atoms with Gasteiger partial charge < -0.3 is 10.3 Å². The topological polar surface area (TPSA) is 66.5 Å². The average molecular weight is 229 g/mol. The molecule has 0 fully saturated rings. The zero-order chi connectivity index (χ0) is 12.1. The van der Waals surface area contributed by atoms with E-state index in [4.69, 9.17) is 0 Å². The van der Waals surface area contributed by atoms with Crippen molar-refractivity contribution in [2.75, 3.05) is 12.4 Å². The molecule has 0 unspecified atom stereocenters. The number of fused-ring (bicyclic) bond motifs is 1. The lowest BCUT2D eigenvalue weighted by molar-refractivity contribution is 0.828. The van der Waals surface area contributed by atoms with E-state index >= 15 is 0 Å². The SMILES string of the molecule is CCCCC#Cc1nc(NC)c2[nH]cnc2n1. The number of hydrogen-bond donors (Lipinski definition) is 2. The monoisotopic (exact) mass is 229 g/mol. The van der Waals surface area contributed by atoms with E-state index in [1.807, 2.05) is 7.05 Å². The zero-order valence-electron chi connectivity index (χ0n) is 10.0. The maximum absolute atomic E-state index is 4.32. The Morgan fingerprint density at radius 2 is 2.29 bits per heavy atom. The number of aromatic amines is 1. The molecule has 17 heavy (non-hydrogen) atoms. The van der Waals surface area contributed by atoms with E-state index in [1.54, 1.807) is 6.33 Å². The normalized spacial score (nSPS) is 10.0. The third-order valence-electron chi connectivity index (χ3n) is 2.38. The van der Waals surface area contributed by atoms with Crippen molar-refractivity contribution >= 4 is 17.0 Å². The van der Waals surface area contributed by atoms with Gasteiger partial charge in [0.15, 0.2) is 11.5 Å². The lowest BCUT2D eigenvalue weighted by Crippen LogP contribution is -1.98. The Balaban J connectivity index is 2.30. The number of imidazole rings is 1. The van der Waals surface area contributed by atoms with Gasteiger partial charge in [0.1, 0.15) is 5.52 Å². The first-order valence-electron chi connectivity index (χ1n) is 5.73. The van der Waals surface area contributed by atoms with Crippen LogP contribution in [0.5, 0.6) is 0 Å². The second kappa shape index (κ2) is 5.30. The van der Waals surface area contributed by atoms with Gasteiger partial charge >= 0.3 is 0 Å². The van der Waals surface area contributed by atoms with Gasteiger partial charge in [0.2, 0.25) is 5.82 Å². The lowest BCUT2D eigenvalue weighted by atomic mass is 10.2. The first kappa shape index (κ1) is 11.4. The number of nitrogens with one attached hydrogen (secondary N) is 2. The van der Waals surface area contributed by atoms with Crippen LogP contribution in [0, 0.1) is 11.8 Å². The highest BCUT2D eigenvalue weighted by Crippen LogP contribution is 2.15. The highest BCUT2D eigenvalue weighted by Gasteiger charge is 2.06. The quantitative estimate of drug-likeness (QED) is 0.623. The van der Waals surface area contributed by atoms with Crippen molar-refractivity contribution in [1.82, 2.24) is 19.9 Å². The maximum atomic E-state index is 4.32. The molecular formula is C12H15N5. The zero-order valence-corrected chi connectivity index (χ0v) is 10.0. The molecule has 0 atom stereocenters. The molecule has 0 saturated heterocycles. The van der Waals surface area contributed by atoms with Crippen LogP contribution < -0.4 is 5.32 Å². The molecule has 0 bridgehead atoms. The first-order valence-corrected chi connectivity index (χ1v) is 5.73. The van der Waals surface area contributed by atoms with Gasteiger partial charge in [-0.3, -0.25) is 0 Å². The van der Waals surface area contributed by atoms with Crippen LogP contribution in [0.2, 0.25) is 0 Å². The van der Waals surface area contributed by atoms with Crippen LogP contribution in [0.15, 0.2) is 6.33 Å². The third-order valence-corrected chi connectivity index (χ3v) is 2.38. The molecule has 0 amide bonds. The number of rotatable bonds is 3. The predicted molar refractivity (Wildman–Crippen MR) is 67.6 cm³/mol. The van der Waals surface area contributed by atoms with E-state index in [0.717, 1.165) is 30.6 Å². The number of anilines is 1. The Kier molecular flexibility index (Phi) is 3.55. The molecule has 0 aromatic carbocycles. The van der Waals surface area contributed by atoms with E-state index < -0.39 is 0 Å². The summed E-state index contributed by atoms with van der Waals surface area (Å²) in [6, 6.07) is 0. The largest absolute Gasteiger partial charge is 0.371 e. The van der Waals surface area contributed by atoms with Crippen LogP contribution in [0.4, 0.5) is 5.82 Å². The fraction of sp³-hybridized carbons (Fsp3) is 0.417. The van der Waals surface area contributed by atoms with E-state index in [2.05, 4.69) is 44.0 Å². The van der Waals surface area contributed by atoms with Crippen LogP contribution in [-0.4, -0.2) is 27.0 Å². The van der Waals surface area contributed by atoms with Crippen LogP contribution in [0.3, 0.4) is 0 Å². The van der Waals surface area contributed by atoms with E-state index in [0.29, 0.717) is 11.5 Å². The van der Waals surface area contributed by atoms with E-state index in [-0.39, 0.29) is 0 Å². The molecule has 5 heteroatoms. The number of hydrogen-bond acceptors (Lipinski definition) is 4. The predicted octanol–water partition coefficient (Wildman–Crippen LogP) is 1.94. The summed E-state index contributed by atoms with van der Waals surface area (Å²) in [5.74, 6) is 7.29.